The Balaban J connectivity index is 1.63. The van der Waals surface area contributed by atoms with Gasteiger partial charge in [0.25, 0.3) is 0 Å². The molecule has 0 bridgehead atoms. The van der Waals surface area contributed by atoms with E-state index in [0.29, 0.717) is 25.4 Å². The molecule has 1 aromatic heterocycles. The maximum Gasteiger partial charge on any atom is 0.335 e. The summed E-state index contributed by atoms with van der Waals surface area (Å²) in [5, 5.41) is 19.2. The molecule has 0 spiro atoms. The lowest BCUT2D eigenvalue weighted by atomic mass is 10.2. The molecule has 6 heteroatoms. The number of hydrogen-bond acceptors (Lipinski definition) is 5. The third-order valence-electron chi connectivity index (χ3n) is 3.79. The Labute approximate surface area is 134 Å². The molecule has 0 unspecified atom stereocenters. The third-order valence-corrected chi connectivity index (χ3v) is 3.79. The first-order chi connectivity index (χ1) is 11.1. The second-order valence-corrected chi connectivity index (χ2v) is 5.57. The SMILES string of the molecule is O=C(O)c1cccc(O[C@@H]2CN(Cc3ccccn3)C[C@H]2O)c1. The van der Waals surface area contributed by atoms with E-state index in [1.807, 2.05) is 18.2 Å². The van der Waals surface area contributed by atoms with Crippen molar-refractivity contribution in [2.24, 2.45) is 0 Å². The average Bonchev–Trinajstić information content (AvgIpc) is 2.88. The first-order valence-corrected chi connectivity index (χ1v) is 7.42. The van der Waals surface area contributed by atoms with Gasteiger partial charge in [0.2, 0.25) is 0 Å². The lowest BCUT2D eigenvalue weighted by molar-refractivity contribution is 0.0688. The van der Waals surface area contributed by atoms with Crippen molar-refractivity contribution in [2.45, 2.75) is 18.8 Å². The zero-order chi connectivity index (χ0) is 16.2. The number of pyridine rings is 1. The number of aromatic nitrogens is 1. The van der Waals surface area contributed by atoms with Crippen molar-refractivity contribution in [1.82, 2.24) is 9.88 Å². The minimum absolute atomic E-state index is 0.167. The first kappa shape index (κ1) is 15.5. The van der Waals surface area contributed by atoms with Gasteiger partial charge in [-0.05, 0) is 30.3 Å². The van der Waals surface area contributed by atoms with Crippen LogP contribution in [0.4, 0.5) is 0 Å². The minimum atomic E-state index is -1.00. The average molecular weight is 314 g/mol. The molecule has 1 aliphatic heterocycles. The maximum atomic E-state index is 11.0. The summed E-state index contributed by atoms with van der Waals surface area (Å²) < 4.78 is 5.77. The summed E-state index contributed by atoms with van der Waals surface area (Å²) in [5.74, 6) is -0.548. The van der Waals surface area contributed by atoms with Crippen LogP contribution in [0.5, 0.6) is 5.75 Å². The van der Waals surface area contributed by atoms with E-state index in [2.05, 4.69) is 9.88 Å². The van der Waals surface area contributed by atoms with Crippen molar-refractivity contribution >= 4 is 5.97 Å². The molecule has 1 aromatic carbocycles. The van der Waals surface area contributed by atoms with Crippen LogP contribution in [0.1, 0.15) is 16.1 Å². The van der Waals surface area contributed by atoms with Gasteiger partial charge in [-0.15, -0.1) is 0 Å². The molecular formula is C17H18N2O4. The Morgan fingerprint density at radius 2 is 2.13 bits per heavy atom. The molecule has 6 nitrogen and oxygen atoms in total. The van der Waals surface area contributed by atoms with Gasteiger partial charge in [0.15, 0.2) is 0 Å². The maximum absolute atomic E-state index is 11.0. The summed E-state index contributed by atoms with van der Waals surface area (Å²) in [6.45, 7) is 1.71. The van der Waals surface area contributed by atoms with Crippen molar-refractivity contribution in [1.29, 1.82) is 0 Å². The van der Waals surface area contributed by atoms with Gasteiger partial charge < -0.3 is 14.9 Å². The fourth-order valence-corrected chi connectivity index (χ4v) is 2.68. The molecule has 23 heavy (non-hydrogen) atoms. The number of carbonyl (C=O) groups is 1. The Hall–Kier alpha value is -2.44. The molecule has 2 heterocycles. The Morgan fingerprint density at radius 1 is 1.26 bits per heavy atom. The van der Waals surface area contributed by atoms with Gasteiger partial charge >= 0.3 is 5.97 Å². The highest BCUT2D eigenvalue weighted by atomic mass is 16.5. The standard InChI is InChI=1S/C17H18N2O4/c20-15-10-19(9-13-5-1-2-7-18-13)11-16(15)23-14-6-3-4-12(8-14)17(21)22/h1-8,15-16,20H,9-11H2,(H,21,22)/t15-,16-/m1/s1. The molecule has 0 aliphatic carbocycles. The van der Waals surface area contributed by atoms with E-state index >= 15 is 0 Å². The second-order valence-electron chi connectivity index (χ2n) is 5.57. The molecule has 3 rings (SSSR count). The number of aromatic carboxylic acids is 1. The van der Waals surface area contributed by atoms with Crippen LogP contribution in [-0.2, 0) is 6.54 Å². The van der Waals surface area contributed by atoms with Crippen molar-refractivity contribution in [2.75, 3.05) is 13.1 Å². The molecule has 2 aromatic rings. The lowest BCUT2D eigenvalue weighted by Crippen LogP contribution is -2.30. The second kappa shape index (κ2) is 6.76. The van der Waals surface area contributed by atoms with Gasteiger partial charge in [-0.25, -0.2) is 4.79 Å². The zero-order valence-corrected chi connectivity index (χ0v) is 12.5. The quantitative estimate of drug-likeness (QED) is 0.868. The van der Waals surface area contributed by atoms with Gasteiger partial charge in [-0.2, -0.15) is 0 Å². The minimum Gasteiger partial charge on any atom is -0.486 e. The number of nitrogens with zero attached hydrogens (tertiary/aromatic N) is 2. The molecule has 0 saturated carbocycles. The number of rotatable bonds is 5. The van der Waals surface area contributed by atoms with E-state index < -0.39 is 12.1 Å². The molecule has 1 fully saturated rings. The largest absolute Gasteiger partial charge is 0.486 e. The number of carboxylic acids is 1. The van der Waals surface area contributed by atoms with Crippen molar-refractivity contribution in [3.8, 4) is 5.75 Å². The van der Waals surface area contributed by atoms with E-state index in [1.54, 1.807) is 18.3 Å². The van der Waals surface area contributed by atoms with Gasteiger partial charge in [-0.1, -0.05) is 12.1 Å². The molecule has 2 atom stereocenters. The van der Waals surface area contributed by atoms with Gasteiger partial charge in [-0.3, -0.25) is 9.88 Å². The molecule has 0 amide bonds. The van der Waals surface area contributed by atoms with E-state index in [4.69, 9.17) is 9.84 Å². The van der Waals surface area contributed by atoms with Crippen molar-refractivity contribution in [3.63, 3.8) is 0 Å². The summed E-state index contributed by atoms with van der Waals surface area (Å²) >= 11 is 0. The predicted molar refractivity (Wildman–Crippen MR) is 83.3 cm³/mol. The third kappa shape index (κ3) is 3.85. The smallest absolute Gasteiger partial charge is 0.335 e. The number of aliphatic hydroxyl groups excluding tert-OH is 1. The fraction of sp³-hybridized carbons (Fsp3) is 0.294. The number of benzene rings is 1. The highest BCUT2D eigenvalue weighted by molar-refractivity contribution is 5.88. The summed E-state index contributed by atoms with van der Waals surface area (Å²) in [4.78, 5) is 17.3. The van der Waals surface area contributed by atoms with Crippen LogP contribution in [0.3, 0.4) is 0 Å². The zero-order valence-electron chi connectivity index (χ0n) is 12.5. The summed E-state index contributed by atoms with van der Waals surface area (Å²) in [6, 6.07) is 12.0. The first-order valence-electron chi connectivity index (χ1n) is 7.42. The fourth-order valence-electron chi connectivity index (χ4n) is 2.68. The highest BCUT2D eigenvalue weighted by Crippen LogP contribution is 2.21. The van der Waals surface area contributed by atoms with Gasteiger partial charge in [0, 0.05) is 25.8 Å². The van der Waals surface area contributed by atoms with Crippen LogP contribution in [0.25, 0.3) is 0 Å². The highest BCUT2D eigenvalue weighted by Gasteiger charge is 2.33. The summed E-state index contributed by atoms with van der Waals surface area (Å²) in [6.07, 6.45) is 0.739. The van der Waals surface area contributed by atoms with Crippen LogP contribution in [0.2, 0.25) is 0 Å². The Kier molecular flexibility index (Phi) is 4.55. The van der Waals surface area contributed by atoms with Crippen LogP contribution < -0.4 is 4.74 Å². The molecular weight excluding hydrogens is 296 g/mol. The predicted octanol–water partition coefficient (Wildman–Crippen LogP) is 1.40. The van der Waals surface area contributed by atoms with E-state index in [0.717, 1.165) is 5.69 Å². The monoisotopic (exact) mass is 314 g/mol. The molecule has 1 saturated heterocycles. The molecule has 0 radical (unpaired) electrons. The Bertz CT molecular complexity index is 677. The van der Waals surface area contributed by atoms with Crippen LogP contribution in [0, 0.1) is 0 Å². The van der Waals surface area contributed by atoms with Crippen LogP contribution >= 0.6 is 0 Å². The molecule has 120 valence electrons. The topological polar surface area (TPSA) is 82.9 Å². The normalized spacial score (nSPS) is 21.3. The number of aliphatic hydroxyl groups is 1. The van der Waals surface area contributed by atoms with Crippen LogP contribution in [-0.4, -0.2) is 51.4 Å². The number of likely N-dealkylation sites (tertiary alicyclic amines) is 1. The van der Waals surface area contributed by atoms with Gasteiger partial charge in [0.1, 0.15) is 18.0 Å². The van der Waals surface area contributed by atoms with Gasteiger partial charge in [0.05, 0.1) is 11.3 Å². The summed E-state index contributed by atoms with van der Waals surface area (Å²) in [5.41, 5.74) is 1.11. The number of β-amino-alcohol motifs (C(OH)–C–C–N with tert-alkyl or cyclic N) is 1. The number of hydrogen-bond donors (Lipinski definition) is 2. The van der Waals surface area contributed by atoms with E-state index in [9.17, 15) is 9.90 Å². The molecule has 1 aliphatic rings. The van der Waals surface area contributed by atoms with E-state index in [-0.39, 0.29) is 11.7 Å². The molecule has 2 N–H and O–H groups in total. The Morgan fingerprint density at radius 3 is 2.87 bits per heavy atom. The van der Waals surface area contributed by atoms with E-state index in [1.165, 1.54) is 12.1 Å². The van der Waals surface area contributed by atoms with Crippen LogP contribution in [0.15, 0.2) is 48.7 Å². The van der Waals surface area contributed by atoms with Crippen molar-refractivity contribution in [3.05, 3.63) is 59.9 Å². The summed E-state index contributed by atoms with van der Waals surface area (Å²) in [7, 11) is 0. The number of ether oxygens (including phenoxy) is 1. The number of carboxylic acid groups (broad SMARTS) is 1. The van der Waals surface area contributed by atoms with Crippen molar-refractivity contribution < 1.29 is 19.7 Å². The lowest BCUT2D eigenvalue weighted by Gasteiger charge is -2.17.